The quantitative estimate of drug-likeness (QED) is 0.378. The number of benzene rings is 3. The Morgan fingerprint density at radius 1 is 0.943 bits per heavy atom. The van der Waals surface area contributed by atoms with Gasteiger partial charge in [-0.3, -0.25) is 9.59 Å². The van der Waals surface area contributed by atoms with E-state index in [1.165, 1.54) is 24.3 Å². The van der Waals surface area contributed by atoms with Crippen LogP contribution in [0.15, 0.2) is 79.1 Å². The average Bonchev–Trinajstić information content (AvgIpc) is 3.27. The molecule has 0 spiro atoms. The third kappa shape index (κ3) is 4.34. The number of piperidine rings is 1. The zero-order valence-corrected chi connectivity index (χ0v) is 19.3. The van der Waals surface area contributed by atoms with Crippen LogP contribution in [0.1, 0.15) is 43.0 Å². The minimum Gasteiger partial charge on any atom is -0.326 e. The molecule has 3 unspecified atom stereocenters. The Balaban J connectivity index is 1.61. The molecule has 1 aromatic heterocycles. The van der Waals surface area contributed by atoms with Gasteiger partial charge in [-0.05, 0) is 53.9 Å². The number of imidazole rings is 1. The highest BCUT2D eigenvalue weighted by atomic mass is 19.1. The maximum atomic E-state index is 14.0. The van der Waals surface area contributed by atoms with Crippen LogP contribution < -0.4 is 0 Å². The molecule has 35 heavy (non-hydrogen) atoms. The smallest absolute Gasteiger partial charge is 0.243 e. The fourth-order valence-electron chi connectivity index (χ4n) is 5.16. The van der Waals surface area contributed by atoms with Crippen molar-refractivity contribution in [2.45, 2.75) is 38.4 Å². The van der Waals surface area contributed by atoms with Crippen molar-refractivity contribution in [3.63, 3.8) is 0 Å². The van der Waals surface area contributed by atoms with Crippen molar-refractivity contribution in [1.82, 2.24) is 14.5 Å². The highest BCUT2D eigenvalue weighted by Gasteiger charge is 2.45. The second kappa shape index (κ2) is 9.41. The van der Waals surface area contributed by atoms with Gasteiger partial charge in [0.25, 0.3) is 0 Å². The molecule has 0 saturated carbocycles. The molecule has 0 radical (unpaired) electrons. The number of fused-ring (bicyclic) bond motifs is 1. The van der Waals surface area contributed by atoms with Crippen molar-refractivity contribution in [2.24, 2.45) is 5.92 Å². The largest absolute Gasteiger partial charge is 0.326 e. The minimum atomic E-state index is -0.570. The summed E-state index contributed by atoms with van der Waals surface area (Å²) < 4.78 is 29.2. The topological polar surface area (TPSA) is 55.2 Å². The van der Waals surface area contributed by atoms with Gasteiger partial charge in [0.1, 0.15) is 24.0 Å². The zero-order valence-electron chi connectivity index (χ0n) is 19.3. The van der Waals surface area contributed by atoms with E-state index < -0.39 is 18.0 Å². The van der Waals surface area contributed by atoms with Crippen LogP contribution in [0.2, 0.25) is 0 Å². The van der Waals surface area contributed by atoms with Gasteiger partial charge < -0.3 is 9.47 Å². The van der Waals surface area contributed by atoms with Crippen LogP contribution in [0.25, 0.3) is 11.0 Å². The lowest BCUT2D eigenvalue weighted by Crippen LogP contribution is -2.49. The van der Waals surface area contributed by atoms with E-state index in [1.807, 2.05) is 31.2 Å². The van der Waals surface area contributed by atoms with E-state index in [2.05, 4.69) is 4.98 Å². The molecule has 3 aromatic carbocycles. The molecule has 4 aromatic rings. The van der Waals surface area contributed by atoms with Crippen LogP contribution in [0.5, 0.6) is 0 Å². The predicted molar refractivity (Wildman–Crippen MR) is 128 cm³/mol. The van der Waals surface area contributed by atoms with Crippen LogP contribution >= 0.6 is 0 Å². The third-order valence-electron chi connectivity index (χ3n) is 6.85. The van der Waals surface area contributed by atoms with Crippen molar-refractivity contribution in [3.05, 3.63) is 102 Å². The molecule has 0 aliphatic carbocycles. The number of aromatic nitrogens is 2. The SMILES string of the molecule is CCC1C(=O)CC(c2ccc(F)cc2)N(C(=O)Cn2cnc3ccccc32)C1c1ccc(F)cc1. The van der Waals surface area contributed by atoms with E-state index in [4.69, 9.17) is 0 Å². The van der Waals surface area contributed by atoms with Gasteiger partial charge in [0.15, 0.2) is 0 Å². The monoisotopic (exact) mass is 473 g/mol. The van der Waals surface area contributed by atoms with Gasteiger partial charge in [-0.25, -0.2) is 13.8 Å². The van der Waals surface area contributed by atoms with E-state index in [1.54, 1.807) is 40.1 Å². The first kappa shape index (κ1) is 22.9. The first-order valence-corrected chi connectivity index (χ1v) is 11.7. The van der Waals surface area contributed by atoms with Crippen molar-refractivity contribution in [2.75, 3.05) is 0 Å². The first-order chi connectivity index (χ1) is 17.0. The maximum absolute atomic E-state index is 14.0. The number of halogens is 2. The first-order valence-electron chi connectivity index (χ1n) is 11.7. The van der Waals surface area contributed by atoms with Crippen LogP contribution in [-0.4, -0.2) is 26.1 Å². The highest BCUT2D eigenvalue weighted by molar-refractivity contribution is 5.88. The average molecular weight is 474 g/mol. The van der Waals surface area contributed by atoms with Gasteiger partial charge in [-0.15, -0.1) is 0 Å². The summed E-state index contributed by atoms with van der Waals surface area (Å²) in [6.45, 7) is 1.95. The Morgan fingerprint density at radius 2 is 1.57 bits per heavy atom. The number of ketones is 1. The van der Waals surface area contributed by atoms with Crippen molar-refractivity contribution < 1.29 is 18.4 Å². The number of para-hydroxylation sites is 2. The molecule has 3 atom stereocenters. The highest BCUT2D eigenvalue weighted by Crippen LogP contribution is 2.45. The molecule has 5 nitrogen and oxygen atoms in total. The standard InChI is InChI=1S/C28H25F2N3O2/c1-2-22-26(34)15-25(18-7-11-20(29)12-8-18)33(28(22)19-9-13-21(30)14-10-19)27(35)16-32-17-31-23-5-3-4-6-24(23)32/h3-14,17,22,25,28H,2,15-16H2,1H3. The Bertz CT molecular complexity index is 1370. The third-order valence-corrected chi connectivity index (χ3v) is 6.85. The number of carbonyl (C=O) groups excluding carboxylic acids is 2. The Hall–Kier alpha value is -3.87. The number of rotatable bonds is 5. The summed E-state index contributed by atoms with van der Waals surface area (Å²) in [4.78, 5) is 33.4. The summed E-state index contributed by atoms with van der Waals surface area (Å²) in [7, 11) is 0. The number of hydrogen-bond acceptors (Lipinski definition) is 3. The van der Waals surface area contributed by atoms with Gasteiger partial charge in [-0.2, -0.15) is 0 Å². The number of nitrogens with zero attached hydrogens (tertiary/aromatic N) is 3. The van der Waals surface area contributed by atoms with Gasteiger partial charge in [0, 0.05) is 12.3 Å². The summed E-state index contributed by atoms with van der Waals surface area (Å²) in [6.07, 6.45) is 2.31. The summed E-state index contributed by atoms with van der Waals surface area (Å²) in [5.74, 6) is -1.36. The molecule has 1 aliphatic rings. The fourth-order valence-corrected chi connectivity index (χ4v) is 5.16. The van der Waals surface area contributed by atoms with Crippen LogP contribution in [-0.2, 0) is 16.1 Å². The molecule has 2 heterocycles. The lowest BCUT2D eigenvalue weighted by Gasteiger charge is -2.46. The van der Waals surface area contributed by atoms with E-state index in [-0.39, 0.29) is 36.3 Å². The lowest BCUT2D eigenvalue weighted by atomic mass is 9.77. The molecular weight excluding hydrogens is 448 g/mol. The second-order valence-electron chi connectivity index (χ2n) is 8.91. The summed E-state index contributed by atoms with van der Waals surface area (Å²) in [5, 5.41) is 0. The molecule has 1 saturated heterocycles. The Morgan fingerprint density at radius 3 is 2.23 bits per heavy atom. The Kier molecular flexibility index (Phi) is 6.16. The molecule has 5 rings (SSSR count). The molecule has 178 valence electrons. The molecule has 0 N–H and O–H groups in total. The zero-order chi connectivity index (χ0) is 24.5. The van der Waals surface area contributed by atoms with Gasteiger partial charge >= 0.3 is 0 Å². The summed E-state index contributed by atoms with van der Waals surface area (Å²) in [6, 6.07) is 18.3. The van der Waals surface area contributed by atoms with Crippen LogP contribution in [0.3, 0.4) is 0 Å². The normalized spacial score (nSPS) is 20.4. The number of Topliss-reactive ketones (excluding diaryl/α,β-unsaturated/α-hetero) is 1. The summed E-state index contributed by atoms with van der Waals surface area (Å²) in [5.41, 5.74) is 3.00. The van der Waals surface area contributed by atoms with Crippen molar-refractivity contribution in [3.8, 4) is 0 Å². The minimum absolute atomic E-state index is 0.0283. The fraction of sp³-hybridized carbons (Fsp3) is 0.250. The van der Waals surface area contributed by atoms with E-state index in [9.17, 15) is 18.4 Å². The van der Waals surface area contributed by atoms with Gasteiger partial charge in [-0.1, -0.05) is 43.3 Å². The van der Waals surface area contributed by atoms with E-state index in [0.29, 0.717) is 17.5 Å². The van der Waals surface area contributed by atoms with Crippen LogP contribution in [0.4, 0.5) is 8.78 Å². The number of hydrogen-bond donors (Lipinski definition) is 0. The van der Waals surface area contributed by atoms with Crippen molar-refractivity contribution >= 4 is 22.7 Å². The molecule has 7 heteroatoms. The lowest BCUT2D eigenvalue weighted by molar-refractivity contribution is -0.147. The number of amides is 1. The van der Waals surface area contributed by atoms with Crippen LogP contribution in [0, 0.1) is 17.6 Å². The second-order valence-corrected chi connectivity index (χ2v) is 8.91. The molecule has 0 bridgehead atoms. The molecular formula is C28H25F2N3O2. The number of likely N-dealkylation sites (tertiary alicyclic amines) is 1. The van der Waals surface area contributed by atoms with Gasteiger partial charge in [0.2, 0.25) is 5.91 Å². The molecule has 1 amide bonds. The summed E-state index contributed by atoms with van der Waals surface area (Å²) >= 11 is 0. The van der Waals surface area contributed by atoms with E-state index >= 15 is 0 Å². The Labute approximate surface area is 202 Å². The molecule has 1 aliphatic heterocycles. The maximum Gasteiger partial charge on any atom is 0.243 e. The van der Waals surface area contributed by atoms with Gasteiger partial charge in [0.05, 0.1) is 29.4 Å². The van der Waals surface area contributed by atoms with E-state index in [0.717, 1.165) is 11.0 Å². The molecule has 1 fully saturated rings. The predicted octanol–water partition coefficient (Wildman–Crippen LogP) is 5.62. The van der Waals surface area contributed by atoms with Crippen molar-refractivity contribution in [1.29, 1.82) is 0 Å². The number of carbonyl (C=O) groups is 2.